The number of ether oxygens (including phenoxy) is 1. The first kappa shape index (κ1) is 26.5. The standard InChI is InChI=1S/C28H26BrN3O4S/c1-5-32(6-2)27(34)24-16(3)23(28(35)36-4)26(37-24)31-25(33)20-15-22(17-11-13-18(29)14-12-17)30-21-10-8-7-9-19(20)21/h7-15H,5-6H2,1-4H3,(H,31,33). The van der Waals surface area contributed by atoms with E-state index in [4.69, 9.17) is 9.72 Å². The third-order valence-corrected chi connectivity index (χ3v) is 7.83. The molecule has 2 aromatic carbocycles. The molecule has 0 aliphatic heterocycles. The SMILES string of the molecule is CCN(CC)C(=O)c1sc(NC(=O)c2cc(-c3ccc(Br)cc3)nc3ccccc23)c(C(=O)OC)c1C. The van der Waals surface area contributed by atoms with E-state index in [-0.39, 0.29) is 16.5 Å². The van der Waals surface area contributed by atoms with Crippen molar-refractivity contribution in [2.45, 2.75) is 20.8 Å². The van der Waals surface area contributed by atoms with E-state index in [0.29, 0.717) is 45.7 Å². The number of pyridine rings is 1. The van der Waals surface area contributed by atoms with Crippen molar-refractivity contribution in [3.05, 3.63) is 80.6 Å². The number of carbonyl (C=O) groups is 3. The van der Waals surface area contributed by atoms with Crippen LogP contribution in [0.2, 0.25) is 0 Å². The highest BCUT2D eigenvalue weighted by molar-refractivity contribution is 9.10. The highest BCUT2D eigenvalue weighted by atomic mass is 79.9. The van der Waals surface area contributed by atoms with Gasteiger partial charge in [0.15, 0.2) is 0 Å². The normalized spacial score (nSPS) is 10.8. The topological polar surface area (TPSA) is 88.6 Å². The van der Waals surface area contributed by atoms with Crippen LogP contribution in [0.15, 0.2) is 59.1 Å². The fourth-order valence-corrected chi connectivity index (χ4v) is 5.53. The van der Waals surface area contributed by atoms with Gasteiger partial charge in [-0.15, -0.1) is 11.3 Å². The Morgan fingerprint density at radius 3 is 2.38 bits per heavy atom. The van der Waals surface area contributed by atoms with Crippen molar-refractivity contribution in [2.24, 2.45) is 0 Å². The number of anilines is 1. The Morgan fingerprint density at radius 2 is 1.73 bits per heavy atom. The number of para-hydroxylation sites is 1. The van der Waals surface area contributed by atoms with Gasteiger partial charge in [-0.1, -0.05) is 46.3 Å². The summed E-state index contributed by atoms with van der Waals surface area (Å²) in [4.78, 5) is 46.3. The monoisotopic (exact) mass is 579 g/mol. The van der Waals surface area contributed by atoms with Gasteiger partial charge >= 0.3 is 5.97 Å². The predicted molar refractivity (Wildman–Crippen MR) is 150 cm³/mol. The fourth-order valence-electron chi connectivity index (χ4n) is 4.11. The first-order valence-electron chi connectivity index (χ1n) is 11.8. The highest BCUT2D eigenvalue weighted by Crippen LogP contribution is 2.35. The average Bonchev–Trinajstić information content (AvgIpc) is 3.23. The van der Waals surface area contributed by atoms with Gasteiger partial charge in [0.05, 0.1) is 34.3 Å². The number of aromatic nitrogens is 1. The number of methoxy groups -OCH3 is 1. The van der Waals surface area contributed by atoms with Crippen LogP contribution in [-0.2, 0) is 4.74 Å². The number of nitrogens with one attached hydrogen (secondary N) is 1. The van der Waals surface area contributed by atoms with Crippen molar-refractivity contribution < 1.29 is 19.1 Å². The van der Waals surface area contributed by atoms with Crippen molar-refractivity contribution in [1.29, 1.82) is 0 Å². The molecule has 0 aliphatic carbocycles. The average molecular weight is 581 g/mol. The van der Waals surface area contributed by atoms with Gasteiger partial charge in [0.2, 0.25) is 0 Å². The maximum Gasteiger partial charge on any atom is 0.341 e. The van der Waals surface area contributed by atoms with E-state index in [9.17, 15) is 14.4 Å². The van der Waals surface area contributed by atoms with Crippen LogP contribution in [0.3, 0.4) is 0 Å². The second kappa shape index (κ2) is 11.2. The summed E-state index contributed by atoms with van der Waals surface area (Å²) in [6.45, 7) is 6.55. The number of benzene rings is 2. The summed E-state index contributed by atoms with van der Waals surface area (Å²) in [7, 11) is 1.28. The number of rotatable bonds is 7. The minimum atomic E-state index is -0.613. The molecular weight excluding hydrogens is 554 g/mol. The summed E-state index contributed by atoms with van der Waals surface area (Å²) >= 11 is 4.53. The van der Waals surface area contributed by atoms with Gasteiger partial charge in [-0.2, -0.15) is 0 Å². The van der Waals surface area contributed by atoms with E-state index < -0.39 is 11.9 Å². The Bertz CT molecular complexity index is 1490. The van der Waals surface area contributed by atoms with Crippen LogP contribution >= 0.6 is 27.3 Å². The Labute approximate surface area is 227 Å². The largest absolute Gasteiger partial charge is 0.465 e. The first-order chi connectivity index (χ1) is 17.8. The molecular formula is C28H26BrN3O4S. The van der Waals surface area contributed by atoms with Crippen molar-refractivity contribution in [2.75, 3.05) is 25.5 Å². The van der Waals surface area contributed by atoms with Gasteiger partial charge in [-0.25, -0.2) is 9.78 Å². The molecule has 190 valence electrons. The Balaban J connectivity index is 1.80. The molecule has 0 fully saturated rings. The minimum Gasteiger partial charge on any atom is -0.465 e. The van der Waals surface area contributed by atoms with Gasteiger partial charge in [-0.05, 0) is 50.6 Å². The summed E-state index contributed by atoms with van der Waals surface area (Å²) < 4.78 is 5.92. The zero-order valence-corrected chi connectivity index (χ0v) is 23.3. The molecule has 0 radical (unpaired) electrons. The van der Waals surface area contributed by atoms with Crippen LogP contribution in [0.25, 0.3) is 22.2 Å². The third-order valence-electron chi connectivity index (χ3n) is 6.11. The van der Waals surface area contributed by atoms with Crippen LogP contribution in [0, 0.1) is 6.92 Å². The van der Waals surface area contributed by atoms with E-state index in [2.05, 4.69) is 21.2 Å². The van der Waals surface area contributed by atoms with E-state index in [1.54, 1.807) is 17.9 Å². The van der Waals surface area contributed by atoms with E-state index >= 15 is 0 Å². The van der Waals surface area contributed by atoms with E-state index in [0.717, 1.165) is 21.4 Å². The van der Waals surface area contributed by atoms with Gasteiger partial charge in [0.1, 0.15) is 5.00 Å². The number of amides is 2. The number of nitrogens with zero attached hydrogens (tertiary/aromatic N) is 2. The second-order valence-electron chi connectivity index (χ2n) is 8.26. The van der Waals surface area contributed by atoms with Crippen LogP contribution in [-0.4, -0.2) is 47.9 Å². The molecule has 1 N–H and O–H groups in total. The van der Waals surface area contributed by atoms with Crippen LogP contribution in [0.5, 0.6) is 0 Å². The van der Waals surface area contributed by atoms with Crippen molar-refractivity contribution in [3.63, 3.8) is 0 Å². The maximum atomic E-state index is 13.7. The number of esters is 1. The summed E-state index contributed by atoms with van der Waals surface area (Å²) in [5, 5.41) is 3.83. The van der Waals surface area contributed by atoms with Crippen molar-refractivity contribution >= 4 is 61.0 Å². The minimum absolute atomic E-state index is 0.183. The summed E-state index contributed by atoms with van der Waals surface area (Å²) in [6.07, 6.45) is 0. The van der Waals surface area contributed by atoms with E-state index in [1.165, 1.54) is 7.11 Å². The van der Waals surface area contributed by atoms with Crippen molar-refractivity contribution in [3.8, 4) is 11.3 Å². The van der Waals surface area contributed by atoms with Crippen molar-refractivity contribution in [1.82, 2.24) is 9.88 Å². The number of halogens is 1. The zero-order valence-electron chi connectivity index (χ0n) is 20.9. The highest BCUT2D eigenvalue weighted by Gasteiger charge is 2.28. The zero-order chi connectivity index (χ0) is 26.7. The lowest BCUT2D eigenvalue weighted by Crippen LogP contribution is -2.30. The molecule has 9 heteroatoms. The smallest absolute Gasteiger partial charge is 0.341 e. The van der Waals surface area contributed by atoms with Crippen LogP contribution in [0.4, 0.5) is 5.00 Å². The lowest BCUT2D eigenvalue weighted by molar-refractivity contribution is 0.0601. The molecule has 0 aliphatic rings. The maximum absolute atomic E-state index is 13.7. The summed E-state index contributed by atoms with van der Waals surface area (Å²) in [5.74, 6) is -1.21. The molecule has 4 rings (SSSR count). The third kappa shape index (κ3) is 5.28. The number of carbonyl (C=O) groups excluding carboxylic acids is 3. The number of hydrogen-bond acceptors (Lipinski definition) is 6. The van der Waals surface area contributed by atoms with Gasteiger partial charge in [-0.3, -0.25) is 9.59 Å². The molecule has 2 heterocycles. The molecule has 0 atom stereocenters. The molecule has 2 amide bonds. The van der Waals surface area contributed by atoms with Gasteiger partial charge in [0, 0.05) is 28.5 Å². The summed E-state index contributed by atoms with van der Waals surface area (Å²) in [6, 6.07) is 16.8. The number of thiophene rings is 1. The molecule has 0 saturated heterocycles. The fraction of sp³-hybridized carbons (Fsp3) is 0.214. The van der Waals surface area contributed by atoms with Gasteiger partial charge in [0.25, 0.3) is 11.8 Å². The predicted octanol–water partition coefficient (Wildman–Crippen LogP) is 6.56. The molecule has 4 aromatic rings. The molecule has 0 bridgehead atoms. The van der Waals surface area contributed by atoms with Crippen LogP contribution in [0.1, 0.15) is 49.8 Å². The quantitative estimate of drug-likeness (QED) is 0.250. The Kier molecular flexibility index (Phi) is 8.04. The van der Waals surface area contributed by atoms with Gasteiger partial charge < -0.3 is 15.0 Å². The lowest BCUT2D eigenvalue weighted by Gasteiger charge is -2.17. The van der Waals surface area contributed by atoms with E-state index in [1.807, 2.05) is 62.4 Å². The van der Waals surface area contributed by atoms with Crippen LogP contribution < -0.4 is 5.32 Å². The Hall–Kier alpha value is -3.56. The molecule has 7 nitrogen and oxygen atoms in total. The number of hydrogen-bond donors (Lipinski definition) is 1. The summed E-state index contributed by atoms with van der Waals surface area (Å²) in [5.41, 5.74) is 3.24. The first-order valence-corrected chi connectivity index (χ1v) is 13.4. The second-order valence-corrected chi connectivity index (χ2v) is 10.2. The number of fused-ring (bicyclic) bond motifs is 1. The molecule has 0 unspecified atom stereocenters. The Morgan fingerprint density at radius 1 is 1.05 bits per heavy atom. The molecule has 37 heavy (non-hydrogen) atoms. The lowest BCUT2D eigenvalue weighted by atomic mass is 10.0. The molecule has 0 saturated carbocycles. The molecule has 2 aromatic heterocycles. The molecule has 0 spiro atoms.